The van der Waals surface area contributed by atoms with Gasteiger partial charge in [0.05, 0.1) is 0 Å². The van der Waals surface area contributed by atoms with Crippen LogP contribution in [0.1, 0.15) is 5.56 Å². The van der Waals surface area contributed by atoms with Gasteiger partial charge >= 0.3 is 0 Å². The lowest BCUT2D eigenvalue weighted by Gasteiger charge is -2.33. The monoisotopic (exact) mass is 381 g/mol. The molecular formula is C13H11ClF3N3O3S. The van der Waals surface area contributed by atoms with Crippen LogP contribution < -0.4 is 0 Å². The number of aromatic hydroxyl groups is 1. The molecule has 130 valence electrons. The van der Waals surface area contributed by atoms with Gasteiger partial charge in [-0.05, 0) is 18.2 Å². The van der Waals surface area contributed by atoms with Gasteiger partial charge < -0.3 is 5.11 Å². The van der Waals surface area contributed by atoms with E-state index in [1.165, 1.54) is 0 Å². The minimum Gasteiger partial charge on any atom is -0.492 e. The van der Waals surface area contributed by atoms with Gasteiger partial charge in [0.1, 0.15) is 0 Å². The molecule has 11 heteroatoms. The molecular weight excluding hydrogens is 371 g/mol. The van der Waals surface area contributed by atoms with Crippen molar-refractivity contribution in [3.05, 3.63) is 47.0 Å². The van der Waals surface area contributed by atoms with Crippen LogP contribution in [-0.2, 0) is 15.8 Å². The van der Waals surface area contributed by atoms with Crippen LogP contribution in [-0.4, -0.2) is 41.5 Å². The fourth-order valence-electron chi connectivity index (χ4n) is 1.89. The molecule has 0 bridgehead atoms. The van der Waals surface area contributed by atoms with E-state index in [0.717, 1.165) is 36.4 Å². The van der Waals surface area contributed by atoms with Crippen molar-refractivity contribution in [2.24, 2.45) is 0 Å². The van der Waals surface area contributed by atoms with E-state index in [2.05, 4.69) is 10.2 Å². The van der Waals surface area contributed by atoms with Gasteiger partial charge in [-0.3, -0.25) is 0 Å². The van der Waals surface area contributed by atoms with Crippen molar-refractivity contribution in [2.45, 2.75) is 17.2 Å². The Morgan fingerprint density at radius 2 is 1.75 bits per heavy atom. The highest BCUT2D eigenvalue weighted by Crippen LogP contribution is 2.39. The number of nitrogens with zero attached hydrogens (tertiary/aromatic N) is 3. The average molecular weight is 382 g/mol. The lowest BCUT2D eigenvalue weighted by atomic mass is 10.1. The fourth-order valence-corrected chi connectivity index (χ4v) is 3.22. The van der Waals surface area contributed by atoms with Crippen LogP contribution >= 0.6 is 11.6 Å². The van der Waals surface area contributed by atoms with Crippen LogP contribution in [0.15, 0.2) is 41.4 Å². The van der Waals surface area contributed by atoms with Gasteiger partial charge in [0.15, 0.2) is 5.03 Å². The summed E-state index contributed by atoms with van der Waals surface area (Å²) in [7, 11) is -4.10. The Hall–Kier alpha value is -1.91. The van der Waals surface area contributed by atoms with Gasteiger partial charge in [-0.15, -0.1) is 10.2 Å². The first-order chi connectivity index (χ1) is 11.1. The molecule has 0 amide bonds. The standard InChI is InChI=1S/C13H11ClF3N3O3S/c1-20(24(22,23)11-7-6-10(21)18-19-11)13(17,12(15)16)8-2-4-9(14)5-3-8/h2-7,12H,1H3,(H,18,21). The number of alkyl halides is 3. The van der Waals surface area contributed by atoms with Crippen molar-refractivity contribution in [1.82, 2.24) is 14.5 Å². The van der Waals surface area contributed by atoms with Crippen LogP contribution in [0.4, 0.5) is 13.2 Å². The van der Waals surface area contributed by atoms with Gasteiger partial charge in [0.2, 0.25) is 5.88 Å². The number of hydrogen-bond donors (Lipinski definition) is 1. The molecule has 1 heterocycles. The molecule has 0 aliphatic carbocycles. The highest BCUT2D eigenvalue weighted by atomic mass is 35.5. The number of hydrogen-bond acceptors (Lipinski definition) is 5. The first-order valence-corrected chi connectivity index (χ1v) is 8.16. The molecule has 0 spiro atoms. The second kappa shape index (κ2) is 6.54. The van der Waals surface area contributed by atoms with E-state index in [-0.39, 0.29) is 9.33 Å². The third kappa shape index (κ3) is 3.17. The predicted molar refractivity (Wildman–Crippen MR) is 78.9 cm³/mol. The highest BCUT2D eigenvalue weighted by Gasteiger charge is 2.52. The zero-order valence-electron chi connectivity index (χ0n) is 12.1. The summed E-state index contributed by atoms with van der Waals surface area (Å²) >= 11 is 5.64. The van der Waals surface area contributed by atoms with Crippen molar-refractivity contribution in [3.8, 4) is 5.88 Å². The summed E-state index contributed by atoms with van der Waals surface area (Å²) in [5.74, 6) is -4.22. The molecule has 6 nitrogen and oxygen atoms in total. The number of benzene rings is 1. The van der Waals surface area contributed by atoms with Crippen LogP contribution in [0.2, 0.25) is 5.02 Å². The molecule has 0 saturated carbocycles. The Morgan fingerprint density at radius 3 is 2.21 bits per heavy atom. The van der Waals surface area contributed by atoms with E-state index in [1.807, 2.05) is 0 Å². The largest absolute Gasteiger partial charge is 0.492 e. The molecule has 0 aliphatic heterocycles. The van der Waals surface area contributed by atoms with Gasteiger partial charge in [0, 0.05) is 23.7 Å². The summed E-state index contributed by atoms with van der Waals surface area (Å²) in [6.45, 7) is 0. The van der Waals surface area contributed by atoms with Crippen molar-refractivity contribution in [3.63, 3.8) is 0 Å². The molecule has 1 unspecified atom stereocenters. The number of sulfonamides is 1. The van der Waals surface area contributed by atoms with Crippen molar-refractivity contribution < 1.29 is 26.7 Å². The van der Waals surface area contributed by atoms with Gasteiger partial charge in [-0.25, -0.2) is 21.6 Å². The molecule has 0 aliphatic rings. The van der Waals surface area contributed by atoms with E-state index in [1.54, 1.807) is 0 Å². The smallest absolute Gasteiger partial charge is 0.290 e. The summed E-state index contributed by atoms with van der Waals surface area (Å²) in [4.78, 5) is 0. The van der Waals surface area contributed by atoms with E-state index in [4.69, 9.17) is 16.7 Å². The topological polar surface area (TPSA) is 83.4 Å². The second-order valence-corrected chi connectivity index (χ2v) is 7.04. The first kappa shape index (κ1) is 18.4. The summed E-state index contributed by atoms with van der Waals surface area (Å²) < 4.78 is 66.6. The maximum Gasteiger partial charge on any atom is 0.290 e. The van der Waals surface area contributed by atoms with E-state index >= 15 is 4.39 Å². The molecule has 2 aromatic rings. The van der Waals surface area contributed by atoms with E-state index in [9.17, 15) is 17.2 Å². The SMILES string of the molecule is CN(C(F)(c1ccc(Cl)cc1)C(F)F)S(=O)(=O)c1ccc(O)nn1. The molecule has 0 radical (unpaired) electrons. The van der Waals surface area contributed by atoms with Gasteiger partial charge in [-0.1, -0.05) is 23.7 Å². The summed E-state index contributed by atoms with van der Waals surface area (Å²) in [6, 6.07) is 5.95. The van der Waals surface area contributed by atoms with Crippen molar-refractivity contribution in [2.75, 3.05) is 7.05 Å². The zero-order chi connectivity index (χ0) is 18.1. The predicted octanol–water partition coefficient (Wildman–Crippen LogP) is 2.54. The fraction of sp³-hybridized carbons (Fsp3) is 0.231. The Balaban J connectivity index is 2.54. The molecule has 1 N–H and O–H groups in total. The maximum atomic E-state index is 15.1. The lowest BCUT2D eigenvalue weighted by molar-refractivity contribution is -0.104. The van der Waals surface area contributed by atoms with E-state index < -0.39 is 38.7 Å². The Bertz CT molecular complexity index is 819. The quantitative estimate of drug-likeness (QED) is 0.805. The third-order valence-corrected chi connectivity index (χ3v) is 5.23. The number of rotatable bonds is 5. The molecule has 24 heavy (non-hydrogen) atoms. The summed E-state index contributed by atoms with van der Waals surface area (Å²) in [5, 5.41) is 14.7. The first-order valence-electron chi connectivity index (χ1n) is 6.35. The van der Waals surface area contributed by atoms with E-state index in [0.29, 0.717) is 7.05 Å². The van der Waals surface area contributed by atoms with Crippen LogP contribution in [0.5, 0.6) is 5.88 Å². The number of halogens is 4. The second-order valence-electron chi connectivity index (χ2n) is 4.68. The Morgan fingerprint density at radius 1 is 1.17 bits per heavy atom. The van der Waals surface area contributed by atoms with Crippen LogP contribution in [0.25, 0.3) is 0 Å². The summed E-state index contributed by atoms with van der Waals surface area (Å²) in [6.07, 6.45) is -3.69. The normalized spacial score (nSPS) is 14.8. The summed E-state index contributed by atoms with van der Waals surface area (Å²) in [5.41, 5.74) is -0.597. The Kier molecular flexibility index (Phi) is 5.02. The van der Waals surface area contributed by atoms with Gasteiger partial charge in [-0.2, -0.15) is 4.31 Å². The lowest BCUT2D eigenvalue weighted by Crippen LogP contribution is -2.49. The van der Waals surface area contributed by atoms with Gasteiger partial charge in [0.25, 0.3) is 22.2 Å². The highest BCUT2D eigenvalue weighted by molar-refractivity contribution is 7.89. The maximum absolute atomic E-state index is 15.1. The molecule has 2 rings (SSSR count). The molecule has 1 atom stereocenters. The Labute approximate surface area is 140 Å². The molecule has 0 fully saturated rings. The zero-order valence-corrected chi connectivity index (χ0v) is 13.6. The minimum absolute atomic E-state index is 0.130. The number of aromatic nitrogens is 2. The molecule has 0 saturated heterocycles. The van der Waals surface area contributed by atoms with Crippen LogP contribution in [0.3, 0.4) is 0 Å². The third-order valence-electron chi connectivity index (χ3n) is 3.25. The average Bonchev–Trinajstić information content (AvgIpc) is 2.54. The molecule has 1 aromatic heterocycles. The van der Waals surface area contributed by atoms with Crippen molar-refractivity contribution in [1.29, 1.82) is 0 Å². The minimum atomic E-state index is -4.76. The van der Waals surface area contributed by atoms with Crippen LogP contribution in [0, 0.1) is 0 Å². The van der Waals surface area contributed by atoms with Crippen molar-refractivity contribution >= 4 is 21.6 Å². The molecule has 1 aromatic carbocycles.